The van der Waals surface area contributed by atoms with Gasteiger partial charge in [0.25, 0.3) is 0 Å². The third-order valence-corrected chi connectivity index (χ3v) is 2.95. The molecule has 0 N–H and O–H groups in total. The number of unbranched alkanes of at least 4 members (excludes halogenated alkanes) is 3. The Kier molecular flexibility index (Phi) is 6.46. The van der Waals surface area contributed by atoms with Crippen LogP contribution in [0.25, 0.3) is 0 Å². The Bertz CT molecular complexity index is 296. The predicted molar refractivity (Wildman–Crippen MR) is 68.0 cm³/mol. The Balaban J connectivity index is 2.37. The summed E-state index contributed by atoms with van der Waals surface area (Å²) in [6, 6.07) is 0. The van der Waals surface area contributed by atoms with Gasteiger partial charge in [-0.1, -0.05) is 26.7 Å². The predicted octanol–water partition coefficient (Wildman–Crippen LogP) is 3.20. The third-order valence-electron chi connectivity index (χ3n) is 2.68. The second-order valence-electron chi connectivity index (χ2n) is 3.98. The molecule has 1 heterocycles. The Morgan fingerprint density at radius 2 is 1.81 bits per heavy atom. The lowest BCUT2D eigenvalue weighted by Crippen LogP contribution is -2.05. The topological polar surface area (TPSA) is 30.7 Å². The van der Waals surface area contributed by atoms with Gasteiger partial charge in [0.1, 0.15) is 5.82 Å². The van der Waals surface area contributed by atoms with Crippen molar-refractivity contribution in [2.24, 2.45) is 0 Å². The first-order valence-electron chi connectivity index (χ1n) is 6.30. The molecule has 4 heteroatoms. The van der Waals surface area contributed by atoms with E-state index in [1.54, 1.807) is 0 Å². The van der Waals surface area contributed by atoms with E-state index in [0.717, 1.165) is 43.3 Å². The molecule has 0 atom stereocenters. The van der Waals surface area contributed by atoms with Crippen molar-refractivity contribution in [2.45, 2.75) is 58.9 Å². The smallest absolute Gasteiger partial charge is 0.150 e. The van der Waals surface area contributed by atoms with Crippen LogP contribution in [0.2, 0.25) is 0 Å². The zero-order valence-corrected chi connectivity index (χ0v) is 11.1. The summed E-state index contributed by atoms with van der Waals surface area (Å²) in [4.78, 5) is 4.49. The van der Waals surface area contributed by atoms with E-state index in [1.165, 1.54) is 19.3 Å². The molecule has 0 aliphatic heterocycles. The van der Waals surface area contributed by atoms with Crippen LogP contribution in [0, 0.1) is 0 Å². The van der Waals surface area contributed by atoms with Crippen molar-refractivity contribution in [3.05, 3.63) is 11.6 Å². The molecule has 0 amide bonds. The fourth-order valence-electron chi connectivity index (χ4n) is 1.73. The lowest BCUT2D eigenvalue weighted by Gasteiger charge is -2.03. The van der Waals surface area contributed by atoms with E-state index >= 15 is 0 Å². The standard InChI is InChI=1S/C12H22ClN3/c1-3-11-14-12(4-2)16(15-11)10-8-6-5-7-9-13/h3-10H2,1-2H3. The van der Waals surface area contributed by atoms with E-state index in [0.29, 0.717) is 0 Å². The molecule has 3 nitrogen and oxygen atoms in total. The Hall–Kier alpha value is -0.570. The van der Waals surface area contributed by atoms with Gasteiger partial charge >= 0.3 is 0 Å². The minimum Gasteiger partial charge on any atom is -0.250 e. The molecular formula is C12H22ClN3. The van der Waals surface area contributed by atoms with Gasteiger partial charge in [0.15, 0.2) is 5.82 Å². The SMILES string of the molecule is CCc1nc(CC)n(CCCCCCCl)n1. The van der Waals surface area contributed by atoms with Crippen molar-refractivity contribution < 1.29 is 0 Å². The molecule has 0 aliphatic carbocycles. The average Bonchev–Trinajstić information content (AvgIpc) is 2.71. The zero-order valence-electron chi connectivity index (χ0n) is 10.4. The van der Waals surface area contributed by atoms with Crippen LogP contribution in [-0.4, -0.2) is 20.6 Å². The van der Waals surface area contributed by atoms with Crippen LogP contribution in [0.1, 0.15) is 51.2 Å². The monoisotopic (exact) mass is 243 g/mol. The summed E-state index contributed by atoms with van der Waals surface area (Å²) in [6.07, 6.45) is 6.65. The van der Waals surface area contributed by atoms with E-state index in [1.807, 2.05) is 0 Å². The molecule has 0 spiro atoms. The molecule has 0 aromatic carbocycles. The van der Waals surface area contributed by atoms with Gasteiger partial charge < -0.3 is 0 Å². The fourth-order valence-corrected chi connectivity index (χ4v) is 1.92. The highest BCUT2D eigenvalue weighted by Crippen LogP contribution is 2.06. The van der Waals surface area contributed by atoms with Crippen LogP contribution < -0.4 is 0 Å². The van der Waals surface area contributed by atoms with Crippen molar-refractivity contribution in [3.8, 4) is 0 Å². The first kappa shape index (κ1) is 13.5. The second-order valence-corrected chi connectivity index (χ2v) is 4.36. The maximum absolute atomic E-state index is 5.64. The first-order chi connectivity index (χ1) is 7.81. The summed E-state index contributed by atoms with van der Waals surface area (Å²) in [5, 5.41) is 4.50. The largest absolute Gasteiger partial charge is 0.250 e. The number of hydrogen-bond donors (Lipinski definition) is 0. The molecule has 0 saturated carbocycles. The molecule has 0 fully saturated rings. The third kappa shape index (κ3) is 4.12. The maximum atomic E-state index is 5.64. The van der Waals surface area contributed by atoms with Crippen LogP contribution in [-0.2, 0) is 19.4 Å². The number of nitrogens with zero attached hydrogens (tertiary/aromatic N) is 3. The molecule has 0 bridgehead atoms. The Labute approximate surface area is 103 Å². The van der Waals surface area contributed by atoms with E-state index in [4.69, 9.17) is 11.6 Å². The van der Waals surface area contributed by atoms with E-state index in [2.05, 4.69) is 28.6 Å². The molecule has 1 rings (SSSR count). The van der Waals surface area contributed by atoms with E-state index in [-0.39, 0.29) is 0 Å². The number of hydrogen-bond acceptors (Lipinski definition) is 2. The van der Waals surface area contributed by atoms with Crippen molar-refractivity contribution >= 4 is 11.6 Å². The van der Waals surface area contributed by atoms with Gasteiger partial charge in [0.05, 0.1) is 0 Å². The molecule has 0 radical (unpaired) electrons. The van der Waals surface area contributed by atoms with Gasteiger partial charge in [-0.05, 0) is 12.8 Å². The molecular weight excluding hydrogens is 222 g/mol. The highest BCUT2D eigenvalue weighted by Gasteiger charge is 2.05. The number of halogens is 1. The number of aromatic nitrogens is 3. The quantitative estimate of drug-likeness (QED) is 0.519. The maximum Gasteiger partial charge on any atom is 0.150 e. The molecule has 16 heavy (non-hydrogen) atoms. The minimum atomic E-state index is 0.781. The molecule has 0 saturated heterocycles. The number of aryl methyl sites for hydroxylation is 3. The van der Waals surface area contributed by atoms with Gasteiger partial charge in [-0.3, -0.25) is 0 Å². The molecule has 0 aliphatic rings. The first-order valence-corrected chi connectivity index (χ1v) is 6.83. The Morgan fingerprint density at radius 3 is 2.44 bits per heavy atom. The highest BCUT2D eigenvalue weighted by molar-refractivity contribution is 6.17. The second kappa shape index (κ2) is 7.66. The van der Waals surface area contributed by atoms with Gasteiger partial charge in [0, 0.05) is 25.3 Å². The van der Waals surface area contributed by atoms with Crippen LogP contribution >= 0.6 is 11.6 Å². The summed E-state index contributed by atoms with van der Waals surface area (Å²) in [6.45, 7) is 5.23. The van der Waals surface area contributed by atoms with Crippen LogP contribution in [0.3, 0.4) is 0 Å². The Morgan fingerprint density at radius 1 is 1.06 bits per heavy atom. The van der Waals surface area contributed by atoms with Crippen molar-refractivity contribution in [2.75, 3.05) is 5.88 Å². The van der Waals surface area contributed by atoms with Crippen molar-refractivity contribution in [1.29, 1.82) is 0 Å². The zero-order chi connectivity index (χ0) is 11.8. The van der Waals surface area contributed by atoms with Gasteiger partial charge in [0.2, 0.25) is 0 Å². The van der Waals surface area contributed by atoms with E-state index in [9.17, 15) is 0 Å². The summed E-state index contributed by atoms with van der Waals surface area (Å²) in [5.41, 5.74) is 0. The molecule has 92 valence electrons. The summed E-state index contributed by atoms with van der Waals surface area (Å²) < 4.78 is 2.07. The number of alkyl halides is 1. The van der Waals surface area contributed by atoms with Crippen LogP contribution in [0.4, 0.5) is 0 Å². The normalized spacial score (nSPS) is 10.9. The fraction of sp³-hybridized carbons (Fsp3) is 0.833. The van der Waals surface area contributed by atoms with E-state index < -0.39 is 0 Å². The van der Waals surface area contributed by atoms with Crippen molar-refractivity contribution in [1.82, 2.24) is 14.8 Å². The lowest BCUT2D eigenvalue weighted by atomic mass is 10.2. The molecule has 1 aromatic rings. The summed E-state index contributed by atoms with van der Waals surface area (Å²) >= 11 is 5.64. The van der Waals surface area contributed by atoms with Crippen LogP contribution in [0.15, 0.2) is 0 Å². The number of rotatable bonds is 8. The molecule has 1 aromatic heterocycles. The average molecular weight is 244 g/mol. The lowest BCUT2D eigenvalue weighted by molar-refractivity contribution is 0.521. The molecule has 0 unspecified atom stereocenters. The summed E-state index contributed by atoms with van der Waals surface area (Å²) in [5.74, 6) is 2.87. The highest BCUT2D eigenvalue weighted by atomic mass is 35.5. The minimum absolute atomic E-state index is 0.781. The summed E-state index contributed by atoms with van der Waals surface area (Å²) in [7, 11) is 0. The van der Waals surface area contributed by atoms with Crippen LogP contribution in [0.5, 0.6) is 0 Å². The van der Waals surface area contributed by atoms with Gasteiger partial charge in [-0.2, -0.15) is 5.10 Å². The van der Waals surface area contributed by atoms with Gasteiger partial charge in [-0.25, -0.2) is 9.67 Å². The van der Waals surface area contributed by atoms with Gasteiger partial charge in [-0.15, -0.1) is 11.6 Å². The van der Waals surface area contributed by atoms with Crippen molar-refractivity contribution in [3.63, 3.8) is 0 Å².